The van der Waals surface area contributed by atoms with Gasteiger partial charge in [-0.2, -0.15) is 0 Å². The number of anilines is 2. The lowest BCUT2D eigenvalue weighted by molar-refractivity contribution is -0.116. The molecule has 3 nitrogen and oxygen atoms in total. The minimum atomic E-state index is 0.0600. The molecule has 2 aromatic carbocycles. The number of carbonyl (C=O) groups is 1. The Kier molecular flexibility index (Phi) is 5.61. The van der Waals surface area contributed by atoms with Gasteiger partial charge in [0.2, 0.25) is 5.91 Å². The molecule has 0 heterocycles. The van der Waals surface area contributed by atoms with E-state index in [1.54, 1.807) is 4.90 Å². The van der Waals surface area contributed by atoms with Crippen LogP contribution in [0.2, 0.25) is 0 Å². The van der Waals surface area contributed by atoms with Crippen LogP contribution in [0.1, 0.15) is 18.1 Å². The van der Waals surface area contributed by atoms with Gasteiger partial charge in [0.05, 0.1) is 6.54 Å². The van der Waals surface area contributed by atoms with Gasteiger partial charge in [-0.1, -0.05) is 34.1 Å². The maximum absolute atomic E-state index is 12.5. The lowest BCUT2D eigenvalue weighted by Gasteiger charge is -2.22. The third-order valence-corrected chi connectivity index (χ3v) is 4.40. The zero-order chi connectivity index (χ0) is 16.1. The number of nitrogens with one attached hydrogen (secondary N) is 1. The van der Waals surface area contributed by atoms with E-state index in [4.69, 9.17) is 0 Å². The van der Waals surface area contributed by atoms with Gasteiger partial charge in [0, 0.05) is 22.4 Å². The van der Waals surface area contributed by atoms with E-state index >= 15 is 0 Å². The second kappa shape index (κ2) is 7.45. The van der Waals surface area contributed by atoms with Gasteiger partial charge in [-0.05, 0) is 56.2 Å². The quantitative estimate of drug-likeness (QED) is 0.849. The summed E-state index contributed by atoms with van der Waals surface area (Å²) in [5.41, 5.74) is 4.21. The van der Waals surface area contributed by atoms with Crippen molar-refractivity contribution in [1.82, 2.24) is 0 Å². The molecule has 0 atom stereocenters. The van der Waals surface area contributed by atoms with Gasteiger partial charge in [0.1, 0.15) is 0 Å². The smallest absolute Gasteiger partial charge is 0.246 e. The monoisotopic (exact) mass is 360 g/mol. The average Bonchev–Trinajstić information content (AvgIpc) is 2.49. The molecule has 0 aliphatic rings. The van der Waals surface area contributed by atoms with Gasteiger partial charge in [-0.15, -0.1) is 0 Å². The summed E-state index contributed by atoms with van der Waals surface area (Å²) in [6.07, 6.45) is 0. The van der Waals surface area contributed by atoms with E-state index in [0.29, 0.717) is 6.54 Å². The number of aryl methyl sites for hydroxylation is 2. The van der Waals surface area contributed by atoms with Crippen LogP contribution >= 0.6 is 15.9 Å². The topological polar surface area (TPSA) is 32.3 Å². The molecule has 22 heavy (non-hydrogen) atoms. The van der Waals surface area contributed by atoms with Crippen LogP contribution in [0.4, 0.5) is 11.4 Å². The Bertz CT molecular complexity index is 670. The summed E-state index contributed by atoms with van der Waals surface area (Å²) in [7, 11) is 0. The third-order valence-electron chi connectivity index (χ3n) is 3.55. The molecule has 0 spiro atoms. The molecule has 0 bridgehead atoms. The molecule has 1 amide bonds. The summed E-state index contributed by atoms with van der Waals surface area (Å²) in [6, 6.07) is 14.0. The number of benzene rings is 2. The second-order valence-electron chi connectivity index (χ2n) is 5.29. The van der Waals surface area contributed by atoms with Gasteiger partial charge >= 0.3 is 0 Å². The Morgan fingerprint density at radius 3 is 2.59 bits per heavy atom. The molecular weight excluding hydrogens is 340 g/mol. The fourth-order valence-electron chi connectivity index (χ4n) is 2.27. The van der Waals surface area contributed by atoms with Crippen molar-refractivity contribution in [2.24, 2.45) is 0 Å². The highest BCUT2D eigenvalue weighted by Gasteiger charge is 2.13. The third kappa shape index (κ3) is 4.10. The number of likely N-dealkylation sites (N-methyl/N-ethyl adjacent to an activating group) is 1. The summed E-state index contributed by atoms with van der Waals surface area (Å²) < 4.78 is 1.04. The lowest BCUT2D eigenvalue weighted by atomic mass is 10.2. The number of amides is 1. The van der Waals surface area contributed by atoms with Gasteiger partial charge in [0.25, 0.3) is 0 Å². The number of halogens is 1. The van der Waals surface area contributed by atoms with Gasteiger partial charge in [-0.25, -0.2) is 0 Å². The largest absolute Gasteiger partial charge is 0.376 e. The highest BCUT2D eigenvalue weighted by Crippen LogP contribution is 2.21. The van der Waals surface area contributed by atoms with Gasteiger partial charge in [0.15, 0.2) is 0 Å². The molecule has 0 saturated carbocycles. The molecule has 4 heteroatoms. The summed E-state index contributed by atoms with van der Waals surface area (Å²) in [4.78, 5) is 14.3. The van der Waals surface area contributed by atoms with Crippen molar-refractivity contribution in [3.05, 3.63) is 58.1 Å². The first-order valence-corrected chi connectivity index (χ1v) is 8.17. The zero-order valence-electron chi connectivity index (χ0n) is 13.2. The molecular formula is C18H21BrN2O. The van der Waals surface area contributed by atoms with Crippen LogP contribution in [-0.2, 0) is 4.79 Å². The highest BCUT2D eigenvalue weighted by atomic mass is 79.9. The van der Waals surface area contributed by atoms with Crippen molar-refractivity contribution in [3.63, 3.8) is 0 Å². The number of rotatable bonds is 5. The molecule has 0 aromatic heterocycles. The second-order valence-corrected chi connectivity index (χ2v) is 6.15. The summed E-state index contributed by atoms with van der Waals surface area (Å²) in [6.45, 7) is 6.99. The number of carbonyl (C=O) groups excluding carboxylic acids is 1. The maximum atomic E-state index is 12.5. The highest BCUT2D eigenvalue weighted by molar-refractivity contribution is 9.10. The SMILES string of the molecule is CCN(C(=O)CNc1ccc(C)c(Br)c1)c1cccc(C)c1. The molecule has 0 aliphatic carbocycles. The first-order valence-electron chi connectivity index (χ1n) is 7.38. The lowest BCUT2D eigenvalue weighted by Crippen LogP contribution is -2.35. The summed E-state index contributed by atoms with van der Waals surface area (Å²) in [5, 5.41) is 3.19. The molecule has 116 valence electrons. The first kappa shape index (κ1) is 16.6. The van der Waals surface area contributed by atoms with E-state index in [1.165, 1.54) is 5.56 Å². The molecule has 0 aliphatic heterocycles. The van der Waals surface area contributed by atoms with Crippen molar-refractivity contribution in [3.8, 4) is 0 Å². The predicted molar refractivity (Wildman–Crippen MR) is 96.6 cm³/mol. The van der Waals surface area contributed by atoms with E-state index < -0.39 is 0 Å². The summed E-state index contributed by atoms with van der Waals surface area (Å²) >= 11 is 3.51. The zero-order valence-corrected chi connectivity index (χ0v) is 14.8. The number of hydrogen-bond acceptors (Lipinski definition) is 2. The molecule has 1 N–H and O–H groups in total. The minimum Gasteiger partial charge on any atom is -0.376 e. The van der Waals surface area contributed by atoms with Crippen molar-refractivity contribution in [1.29, 1.82) is 0 Å². The first-order chi connectivity index (χ1) is 10.5. The fourth-order valence-corrected chi connectivity index (χ4v) is 2.65. The molecule has 0 fully saturated rings. The molecule has 0 unspecified atom stereocenters. The summed E-state index contributed by atoms with van der Waals surface area (Å²) in [5.74, 6) is 0.0600. The van der Waals surface area contributed by atoms with E-state index in [2.05, 4.69) is 21.2 Å². The number of nitrogens with zero attached hydrogens (tertiary/aromatic N) is 1. The molecule has 0 radical (unpaired) electrons. The van der Waals surface area contributed by atoms with E-state index in [9.17, 15) is 4.79 Å². The normalized spacial score (nSPS) is 10.4. The Morgan fingerprint density at radius 1 is 1.18 bits per heavy atom. The van der Waals surface area contributed by atoms with Crippen LogP contribution in [0.25, 0.3) is 0 Å². The van der Waals surface area contributed by atoms with Crippen LogP contribution in [0, 0.1) is 13.8 Å². The Labute approximate surface area is 140 Å². The van der Waals surface area contributed by atoms with Gasteiger partial charge in [-0.3, -0.25) is 4.79 Å². The Hall–Kier alpha value is -1.81. The fraction of sp³-hybridized carbons (Fsp3) is 0.278. The van der Waals surface area contributed by atoms with Crippen LogP contribution in [0.3, 0.4) is 0 Å². The van der Waals surface area contributed by atoms with Crippen LogP contribution in [0.5, 0.6) is 0 Å². The predicted octanol–water partition coefficient (Wildman–Crippen LogP) is 4.53. The maximum Gasteiger partial charge on any atom is 0.246 e. The van der Waals surface area contributed by atoms with E-state index in [-0.39, 0.29) is 12.5 Å². The standard InChI is InChI=1S/C18H21BrN2O/c1-4-21(16-7-5-6-13(2)10-16)18(22)12-20-15-9-8-14(3)17(19)11-15/h5-11,20H,4,12H2,1-3H3. The van der Waals surface area contributed by atoms with Crippen molar-refractivity contribution >= 4 is 33.2 Å². The Morgan fingerprint density at radius 2 is 1.95 bits per heavy atom. The van der Waals surface area contributed by atoms with Crippen molar-refractivity contribution < 1.29 is 4.79 Å². The number of hydrogen-bond donors (Lipinski definition) is 1. The Balaban J connectivity index is 2.05. The van der Waals surface area contributed by atoms with Crippen LogP contribution in [-0.4, -0.2) is 19.0 Å². The molecule has 2 rings (SSSR count). The molecule has 2 aromatic rings. The molecule has 0 saturated heterocycles. The van der Waals surface area contributed by atoms with E-state index in [1.807, 2.05) is 63.2 Å². The minimum absolute atomic E-state index is 0.0600. The average molecular weight is 361 g/mol. The van der Waals surface area contributed by atoms with Gasteiger partial charge < -0.3 is 10.2 Å². The van der Waals surface area contributed by atoms with Crippen molar-refractivity contribution in [2.45, 2.75) is 20.8 Å². The van der Waals surface area contributed by atoms with E-state index in [0.717, 1.165) is 21.4 Å². The van der Waals surface area contributed by atoms with Crippen LogP contribution < -0.4 is 10.2 Å². The van der Waals surface area contributed by atoms with Crippen LogP contribution in [0.15, 0.2) is 46.9 Å². The van der Waals surface area contributed by atoms with Crippen molar-refractivity contribution in [2.75, 3.05) is 23.3 Å².